The lowest BCUT2D eigenvalue weighted by atomic mass is 9.93. The number of hydrogen-bond donors (Lipinski definition) is 6. The molecule has 0 aromatic heterocycles. The number of nitrogens with zero attached hydrogens (tertiary/aromatic N) is 2. The smallest absolute Gasteiger partial charge is 0.329 e. The zero-order chi connectivity index (χ0) is 54.2. The highest BCUT2D eigenvalue weighted by molar-refractivity contribution is 8.76. The Morgan fingerprint density at radius 3 is 1.04 bits per heavy atom. The number of fused-ring (bicyclic) bond motifs is 11. The van der Waals surface area contributed by atoms with E-state index in [1.54, 1.807) is 0 Å². The maximum absolute atomic E-state index is 15.2. The molecule has 14 nitrogen and oxygen atoms in total. The number of methoxy groups -OCH3 is 2. The lowest BCUT2D eigenvalue weighted by Crippen LogP contribution is -2.53. The van der Waals surface area contributed by atoms with Crippen molar-refractivity contribution in [3.8, 4) is 23.0 Å². The lowest BCUT2D eigenvalue weighted by Gasteiger charge is -2.33. The molecule has 4 atom stereocenters. The molecule has 6 N–H and O–H groups in total. The Labute approximate surface area is 452 Å². The molecule has 3 heterocycles. The van der Waals surface area contributed by atoms with E-state index in [4.69, 9.17) is 9.47 Å². The quantitative estimate of drug-likeness (QED) is 0.0690. The van der Waals surface area contributed by atoms with Crippen molar-refractivity contribution in [2.75, 3.05) is 25.7 Å². The van der Waals surface area contributed by atoms with E-state index in [2.05, 4.69) is 10.6 Å². The summed E-state index contributed by atoms with van der Waals surface area (Å²) in [7, 11) is 4.89. The number of carbonyl (C=O) groups excluding carboxylic acids is 4. The molecule has 16 heteroatoms. The molecule has 2 amide bonds. The normalized spacial score (nSPS) is 20.7. The third-order valence-corrected chi connectivity index (χ3v) is 16.5. The fourth-order valence-corrected chi connectivity index (χ4v) is 12.7. The first-order valence-electron chi connectivity index (χ1n) is 25.3. The van der Waals surface area contributed by atoms with Gasteiger partial charge in [-0.3, -0.25) is 19.4 Å². The largest absolute Gasteiger partial charge is 0.507 e. The fourth-order valence-electron chi connectivity index (χ4n) is 10.4. The minimum atomic E-state index is -1.16. The van der Waals surface area contributed by atoms with Crippen LogP contribution in [-0.4, -0.2) is 104 Å². The van der Waals surface area contributed by atoms with E-state index < -0.39 is 47.9 Å². The second-order valence-corrected chi connectivity index (χ2v) is 22.6. The van der Waals surface area contributed by atoms with Crippen molar-refractivity contribution in [2.45, 2.75) is 104 Å². The molecule has 0 saturated carbocycles. The van der Waals surface area contributed by atoms with Gasteiger partial charge in [-0.2, -0.15) is 0 Å². The summed E-state index contributed by atoms with van der Waals surface area (Å²) in [6.45, 7) is 7.67. The number of hydrogen-bond acceptors (Lipinski definition) is 14. The minimum Gasteiger partial charge on any atom is -0.507 e. The van der Waals surface area contributed by atoms with Crippen molar-refractivity contribution >= 4 is 45.3 Å². The van der Waals surface area contributed by atoms with Crippen LogP contribution in [0, 0.1) is 27.7 Å². The molecular weight excluding hydrogens is 1000 g/mol. The van der Waals surface area contributed by atoms with Crippen molar-refractivity contribution < 1.29 is 49.1 Å². The second-order valence-electron chi connectivity index (χ2n) is 20.0. The number of phenols is 4. The molecule has 0 fully saturated rings. The van der Waals surface area contributed by atoms with E-state index in [9.17, 15) is 30.0 Å². The number of amides is 2. The predicted molar refractivity (Wildman–Crippen MR) is 296 cm³/mol. The number of ether oxygens (including phenoxy) is 2. The van der Waals surface area contributed by atoms with Gasteiger partial charge in [0.25, 0.3) is 0 Å². The number of rotatable bonds is 6. The van der Waals surface area contributed by atoms with Crippen molar-refractivity contribution in [1.29, 1.82) is 0 Å². The minimum absolute atomic E-state index is 0.00241. The first-order valence-corrected chi connectivity index (χ1v) is 27.8. The second kappa shape index (κ2) is 24.8. The molecule has 0 spiro atoms. The maximum Gasteiger partial charge on any atom is 0.329 e. The van der Waals surface area contributed by atoms with E-state index >= 15 is 9.59 Å². The molecule has 10 bridgehead atoms. The summed E-state index contributed by atoms with van der Waals surface area (Å²) < 4.78 is 10.5. The molecule has 6 aromatic rings. The standard InChI is InChI=1S/C60H66N4O10S2/c1-35-17-41-27-42-18-36(2)22-47(54(42)66)31-64-32-48-24-38(4)20-44(56(48)68)28-43-19-37(3)23-46(55(43)67)30-63(29-45(21-35)53(41)65)51(25-39-13-9-7-10-14-39)57(69)61-49(59(71)73-5)33-75-76-34-50(60(72)74-6)62-58(70)52(64)26-40-15-11-8-12-16-40/h7-24,49-52,65-68H,25-34H2,1-6H3,(H,61,69)(H,62,70)/t49-,50?,51-,52+/m0/s1. The van der Waals surface area contributed by atoms with Gasteiger partial charge < -0.3 is 40.5 Å². The zero-order valence-corrected chi connectivity index (χ0v) is 45.4. The first kappa shape index (κ1) is 55.3. The molecule has 398 valence electrons. The number of phenolic OH excluding ortho intramolecular Hbond substituents is 4. The number of carbonyl (C=O) groups is 4. The van der Waals surface area contributed by atoms with Crippen LogP contribution < -0.4 is 10.6 Å². The summed E-state index contributed by atoms with van der Waals surface area (Å²) in [6, 6.07) is 29.4. The van der Waals surface area contributed by atoms with Gasteiger partial charge in [0.15, 0.2) is 0 Å². The Morgan fingerprint density at radius 1 is 0.487 bits per heavy atom. The van der Waals surface area contributed by atoms with Gasteiger partial charge >= 0.3 is 11.9 Å². The maximum atomic E-state index is 15.2. The Balaban J connectivity index is 1.41. The predicted octanol–water partition coefficient (Wildman–Crippen LogP) is 8.18. The summed E-state index contributed by atoms with van der Waals surface area (Å²) >= 11 is 0. The Morgan fingerprint density at radius 2 is 0.763 bits per heavy atom. The van der Waals surface area contributed by atoms with Crippen molar-refractivity contribution in [3.05, 3.63) is 187 Å². The summed E-state index contributed by atoms with van der Waals surface area (Å²) in [6.07, 6.45) is 0.516. The highest BCUT2D eigenvalue weighted by atomic mass is 33.1. The third kappa shape index (κ3) is 13.3. The average Bonchev–Trinajstić information content (AvgIpc) is 3.40. The van der Waals surface area contributed by atoms with Crippen LogP contribution in [0.15, 0.2) is 109 Å². The molecule has 3 aliphatic heterocycles. The van der Waals surface area contributed by atoms with Gasteiger partial charge in [-0.05, 0) is 73.9 Å². The van der Waals surface area contributed by atoms with Gasteiger partial charge in [0.2, 0.25) is 11.8 Å². The molecule has 6 aromatic carbocycles. The molecule has 1 unspecified atom stereocenters. The van der Waals surface area contributed by atoms with Crippen LogP contribution in [0.3, 0.4) is 0 Å². The number of aromatic hydroxyl groups is 4. The Kier molecular flexibility index (Phi) is 18.0. The van der Waals surface area contributed by atoms with Gasteiger partial charge in [0.1, 0.15) is 35.1 Å². The van der Waals surface area contributed by atoms with Gasteiger partial charge in [-0.1, -0.05) is 153 Å². The van der Waals surface area contributed by atoms with E-state index in [0.29, 0.717) is 44.5 Å². The van der Waals surface area contributed by atoms with Crippen LogP contribution >= 0.6 is 21.6 Å². The van der Waals surface area contributed by atoms with Crippen LogP contribution in [0.1, 0.15) is 77.9 Å². The summed E-state index contributed by atoms with van der Waals surface area (Å²) in [5.74, 6) is -2.56. The molecule has 0 saturated heterocycles. The van der Waals surface area contributed by atoms with Crippen LogP contribution in [0.5, 0.6) is 23.0 Å². The molecular formula is C60H66N4O10S2. The number of nitrogens with one attached hydrogen (secondary N) is 2. The SMILES string of the molecule is COC(=O)C1CSSC[C@@H](C(=O)OC)NC(=O)[C@H](Cc2ccccc2)N2Cc3cc(C)cc(c3O)Cc3cc(C)cc(c3O)CN(Cc3cc(C)cc(c3O)Cc3cc(C)cc(c3O)C2)[C@H](Cc2ccccc2)C(=O)N1. The lowest BCUT2D eigenvalue weighted by molar-refractivity contribution is -0.145. The van der Waals surface area contributed by atoms with Crippen LogP contribution in [0.4, 0.5) is 0 Å². The molecule has 3 aliphatic rings. The van der Waals surface area contributed by atoms with Crippen molar-refractivity contribution in [2.24, 2.45) is 0 Å². The van der Waals surface area contributed by atoms with Crippen LogP contribution in [-0.2, 0) is 80.5 Å². The van der Waals surface area contributed by atoms with Gasteiger partial charge in [0.05, 0.1) is 26.3 Å². The Bertz CT molecular complexity index is 2780. The first-order chi connectivity index (χ1) is 36.5. The summed E-state index contributed by atoms with van der Waals surface area (Å²) in [5, 5.41) is 55.8. The van der Waals surface area contributed by atoms with Crippen molar-refractivity contribution in [3.63, 3.8) is 0 Å². The van der Waals surface area contributed by atoms with E-state index in [1.165, 1.54) is 35.8 Å². The number of benzene rings is 6. The Hall–Kier alpha value is -6.98. The van der Waals surface area contributed by atoms with E-state index in [0.717, 1.165) is 33.4 Å². The number of aryl methyl sites for hydroxylation is 4. The van der Waals surface area contributed by atoms with Crippen LogP contribution in [0.2, 0.25) is 0 Å². The highest BCUT2D eigenvalue weighted by Crippen LogP contribution is 2.38. The highest BCUT2D eigenvalue weighted by Gasteiger charge is 2.35. The average molecular weight is 1070 g/mol. The zero-order valence-electron chi connectivity index (χ0n) is 43.7. The van der Waals surface area contributed by atoms with Gasteiger partial charge in [0, 0.05) is 72.8 Å². The van der Waals surface area contributed by atoms with Gasteiger partial charge in [-0.25, -0.2) is 9.59 Å². The summed E-state index contributed by atoms with van der Waals surface area (Å²) in [4.78, 5) is 61.5. The van der Waals surface area contributed by atoms with E-state index in [-0.39, 0.29) is 86.4 Å². The van der Waals surface area contributed by atoms with Crippen molar-refractivity contribution in [1.82, 2.24) is 20.4 Å². The van der Waals surface area contributed by atoms with Gasteiger partial charge in [-0.15, -0.1) is 0 Å². The molecule has 9 rings (SSSR count). The molecule has 0 radical (unpaired) electrons. The van der Waals surface area contributed by atoms with Crippen LogP contribution in [0.25, 0.3) is 0 Å². The summed E-state index contributed by atoms with van der Waals surface area (Å²) in [5.41, 5.74) is 8.91. The monoisotopic (exact) mass is 1070 g/mol. The fraction of sp³-hybridized carbons (Fsp3) is 0.333. The molecule has 76 heavy (non-hydrogen) atoms. The topological polar surface area (TPSA) is 198 Å². The number of esters is 2. The van der Waals surface area contributed by atoms with E-state index in [1.807, 2.05) is 147 Å². The molecule has 0 aliphatic carbocycles. The third-order valence-electron chi connectivity index (χ3n) is 14.1.